The minimum absolute atomic E-state index is 0.0365. The molecule has 1 heterocycles. The summed E-state index contributed by atoms with van der Waals surface area (Å²) in [7, 11) is 0. The van der Waals surface area contributed by atoms with Crippen LogP contribution >= 0.6 is 0 Å². The van der Waals surface area contributed by atoms with Gasteiger partial charge < -0.3 is 14.6 Å². The summed E-state index contributed by atoms with van der Waals surface area (Å²) < 4.78 is 8.99. The standard InChI is InChI=1S/C4H6O4/c5-1-4-7-2-3(6)8-4/h4-5H,1-2H2. The molecule has 0 radical (unpaired) electrons. The number of cyclic esters (lactones) is 1. The van der Waals surface area contributed by atoms with Crippen LogP contribution in [0.5, 0.6) is 0 Å². The Balaban J connectivity index is 2.32. The molecule has 1 unspecified atom stereocenters. The van der Waals surface area contributed by atoms with Gasteiger partial charge in [-0.1, -0.05) is 0 Å². The highest BCUT2D eigenvalue weighted by Crippen LogP contribution is 2.02. The second-order valence-corrected chi connectivity index (χ2v) is 1.41. The molecule has 0 saturated carbocycles. The Kier molecular flexibility index (Phi) is 1.45. The van der Waals surface area contributed by atoms with Crippen molar-refractivity contribution in [3.05, 3.63) is 0 Å². The van der Waals surface area contributed by atoms with Gasteiger partial charge in [-0.3, -0.25) is 0 Å². The third kappa shape index (κ3) is 0.962. The molecule has 0 amide bonds. The van der Waals surface area contributed by atoms with Crippen molar-refractivity contribution < 1.29 is 19.4 Å². The molecule has 0 aliphatic carbocycles. The van der Waals surface area contributed by atoms with Crippen molar-refractivity contribution in [3.8, 4) is 0 Å². The minimum atomic E-state index is -0.720. The summed E-state index contributed by atoms with van der Waals surface area (Å²) in [5.74, 6) is -0.413. The molecule has 1 saturated heterocycles. The summed E-state index contributed by atoms with van der Waals surface area (Å²) in [5.41, 5.74) is 0. The predicted octanol–water partition coefficient (Wildman–Crippen LogP) is -1.12. The quantitative estimate of drug-likeness (QED) is 0.443. The van der Waals surface area contributed by atoms with Gasteiger partial charge in [0.05, 0.1) is 0 Å². The van der Waals surface area contributed by atoms with Gasteiger partial charge in [-0.15, -0.1) is 0 Å². The van der Waals surface area contributed by atoms with Crippen molar-refractivity contribution in [2.45, 2.75) is 6.29 Å². The van der Waals surface area contributed by atoms with E-state index in [0.717, 1.165) is 0 Å². The van der Waals surface area contributed by atoms with Crippen molar-refractivity contribution in [1.82, 2.24) is 0 Å². The van der Waals surface area contributed by atoms with Gasteiger partial charge in [0.2, 0.25) is 6.29 Å². The second kappa shape index (κ2) is 2.11. The molecule has 0 aromatic carbocycles. The van der Waals surface area contributed by atoms with Crippen molar-refractivity contribution >= 4 is 5.97 Å². The predicted molar refractivity (Wildman–Crippen MR) is 22.9 cm³/mol. The molecular formula is C4H6O4. The third-order valence-electron chi connectivity index (χ3n) is 0.799. The molecule has 0 aromatic heterocycles. The Bertz CT molecular complexity index is 100. The lowest BCUT2D eigenvalue weighted by atomic mass is 10.7. The largest absolute Gasteiger partial charge is 0.431 e. The van der Waals surface area contributed by atoms with E-state index in [9.17, 15) is 4.79 Å². The normalized spacial score (nSPS) is 28.1. The minimum Gasteiger partial charge on any atom is -0.431 e. The van der Waals surface area contributed by atoms with Crippen molar-refractivity contribution in [3.63, 3.8) is 0 Å². The zero-order chi connectivity index (χ0) is 5.98. The molecule has 4 heteroatoms. The van der Waals surface area contributed by atoms with Crippen LogP contribution in [0.3, 0.4) is 0 Å². The van der Waals surface area contributed by atoms with E-state index in [1.54, 1.807) is 0 Å². The van der Waals surface area contributed by atoms with Gasteiger partial charge >= 0.3 is 5.97 Å². The molecule has 1 fully saturated rings. The zero-order valence-electron chi connectivity index (χ0n) is 4.16. The number of carbonyl (C=O) groups excluding carboxylic acids is 1. The highest BCUT2D eigenvalue weighted by atomic mass is 16.7. The number of carbonyl (C=O) groups is 1. The summed E-state index contributed by atoms with van der Waals surface area (Å²) in [6.45, 7) is -0.295. The summed E-state index contributed by atoms with van der Waals surface area (Å²) in [5, 5.41) is 8.28. The summed E-state index contributed by atoms with van der Waals surface area (Å²) in [6, 6.07) is 0. The van der Waals surface area contributed by atoms with Crippen LogP contribution in [0.1, 0.15) is 0 Å². The molecule has 46 valence electrons. The topological polar surface area (TPSA) is 55.8 Å². The SMILES string of the molecule is O=C1COC(CO)O1. The lowest BCUT2D eigenvalue weighted by Gasteiger charge is -2.00. The summed E-state index contributed by atoms with van der Waals surface area (Å²) in [4.78, 5) is 10.2. The summed E-state index contributed by atoms with van der Waals surface area (Å²) >= 11 is 0. The number of esters is 1. The van der Waals surface area contributed by atoms with Crippen LogP contribution in [0.4, 0.5) is 0 Å². The molecule has 1 atom stereocenters. The van der Waals surface area contributed by atoms with E-state index in [1.165, 1.54) is 0 Å². The Labute approximate surface area is 46.0 Å². The van der Waals surface area contributed by atoms with E-state index in [1.807, 2.05) is 0 Å². The molecule has 4 nitrogen and oxygen atoms in total. The van der Waals surface area contributed by atoms with E-state index in [-0.39, 0.29) is 13.2 Å². The molecule has 0 bridgehead atoms. The van der Waals surface area contributed by atoms with Crippen LogP contribution in [0.15, 0.2) is 0 Å². The van der Waals surface area contributed by atoms with Crippen LogP contribution in [-0.2, 0) is 14.3 Å². The third-order valence-corrected chi connectivity index (χ3v) is 0.799. The summed E-state index contributed by atoms with van der Waals surface area (Å²) in [6.07, 6.45) is -0.720. The monoisotopic (exact) mass is 118 g/mol. The first-order valence-corrected chi connectivity index (χ1v) is 2.25. The van der Waals surface area contributed by atoms with E-state index < -0.39 is 12.3 Å². The Hall–Kier alpha value is -0.610. The average molecular weight is 118 g/mol. The van der Waals surface area contributed by atoms with Crippen LogP contribution in [-0.4, -0.2) is 30.6 Å². The first-order valence-electron chi connectivity index (χ1n) is 2.25. The molecule has 1 N–H and O–H groups in total. The maximum atomic E-state index is 10.2. The second-order valence-electron chi connectivity index (χ2n) is 1.41. The molecule has 1 aliphatic heterocycles. The zero-order valence-corrected chi connectivity index (χ0v) is 4.16. The molecule has 1 rings (SSSR count). The number of aliphatic hydroxyl groups excluding tert-OH is 1. The van der Waals surface area contributed by atoms with Crippen molar-refractivity contribution in [2.24, 2.45) is 0 Å². The van der Waals surface area contributed by atoms with Gasteiger partial charge in [-0.2, -0.15) is 0 Å². The lowest BCUT2D eigenvalue weighted by molar-refractivity contribution is -0.146. The van der Waals surface area contributed by atoms with Crippen molar-refractivity contribution in [1.29, 1.82) is 0 Å². The molecular weight excluding hydrogens is 112 g/mol. The number of ether oxygens (including phenoxy) is 2. The number of hydrogen-bond acceptors (Lipinski definition) is 4. The molecule has 0 aromatic rings. The number of aliphatic hydroxyl groups is 1. The van der Waals surface area contributed by atoms with Gasteiger partial charge in [-0.05, 0) is 0 Å². The van der Waals surface area contributed by atoms with E-state index in [4.69, 9.17) is 5.11 Å². The molecule has 0 spiro atoms. The number of hydrogen-bond donors (Lipinski definition) is 1. The van der Waals surface area contributed by atoms with Gasteiger partial charge in [-0.25, -0.2) is 4.79 Å². The fraction of sp³-hybridized carbons (Fsp3) is 0.750. The van der Waals surface area contributed by atoms with E-state index in [2.05, 4.69) is 9.47 Å². The van der Waals surface area contributed by atoms with Crippen LogP contribution < -0.4 is 0 Å². The van der Waals surface area contributed by atoms with Gasteiger partial charge in [0, 0.05) is 0 Å². The Morgan fingerprint density at radius 3 is 2.88 bits per heavy atom. The first kappa shape index (κ1) is 5.53. The van der Waals surface area contributed by atoms with Gasteiger partial charge in [0.1, 0.15) is 13.2 Å². The van der Waals surface area contributed by atoms with Gasteiger partial charge in [0.15, 0.2) is 0 Å². The average Bonchev–Trinajstić information content (AvgIpc) is 2.14. The molecule has 1 aliphatic rings. The van der Waals surface area contributed by atoms with E-state index >= 15 is 0 Å². The van der Waals surface area contributed by atoms with Crippen LogP contribution in [0, 0.1) is 0 Å². The Morgan fingerprint density at radius 1 is 1.88 bits per heavy atom. The highest BCUT2D eigenvalue weighted by Gasteiger charge is 2.22. The lowest BCUT2D eigenvalue weighted by Crippen LogP contribution is -2.12. The molecule has 8 heavy (non-hydrogen) atoms. The van der Waals surface area contributed by atoms with Crippen molar-refractivity contribution in [2.75, 3.05) is 13.2 Å². The van der Waals surface area contributed by atoms with Gasteiger partial charge in [0.25, 0.3) is 0 Å². The fourth-order valence-corrected chi connectivity index (χ4v) is 0.466. The number of rotatable bonds is 1. The smallest absolute Gasteiger partial charge is 0.334 e. The Morgan fingerprint density at radius 2 is 2.62 bits per heavy atom. The van der Waals surface area contributed by atoms with Crippen LogP contribution in [0.25, 0.3) is 0 Å². The fourth-order valence-electron chi connectivity index (χ4n) is 0.466. The maximum absolute atomic E-state index is 10.2. The maximum Gasteiger partial charge on any atom is 0.334 e. The van der Waals surface area contributed by atoms with E-state index in [0.29, 0.717) is 0 Å². The highest BCUT2D eigenvalue weighted by molar-refractivity contribution is 5.72. The first-order chi connectivity index (χ1) is 3.83. The van der Waals surface area contributed by atoms with Crippen LogP contribution in [0.2, 0.25) is 0 Å².